The minimum atomic E-state index is 0.701. The lowest BCUT2D eigenvalue weighted by atomic mass is 10.1. The Morgan fingerprint density at radius 2 is 2.18 bits per heavy atom. The number of halogens is 1. The zero-order chi connectivity index (χ0) is 12.4. The third-order valence-electron chi connectivity index (χ3n) is 2.75. The number of methoxy groups -OCH3 is 1. The van der Waals surface area contributed by atoms with E-state index in [2.05, 4.69) is 16.4 Å². The van der Waals surface area contributed by atoms with E-state index in [0.29, 0.717) is 5.02 Å². The van der Waals surface area contributed by atoms with Gasteiger partial charge in [-0.3, -0.25) is 0 Å². The number of hydrogen-bond acceptors (Lipinski definition) is 3. The number of nitrogens with zero attached hydrogens (tertiary/aromatic N) is 1. The van der Waals surface area contributed by atoms with E-state index in [0.717, 1.165) is 34.5 Å². The summed E-state index contributed by atoms with van der Waals surface area (Å²) in [6.45, 7) is 2.77. The highest BCUT2D eigenvalue weighted by Gasteiger charge is 2.10. The van der Waals surface area contributed by atoms with Gasteiger partial charge in [0.1, 0.15) is 11.3 Å². The molecule has 1 aromatic carbocycles. The number of rotatable bonds is 3. The molecule has 0 aliphatic carbocycles. The molecular formula is C13H15ClN2O. The first-order valence-corrected chi connectivity index (χ1v) is 5.82. The maximum Gasteiger partial charge on any atom is 0.145 e. The molecule has 0 spiro atoms. The van der Waals surface area contributed by atoms with E-state index < -0.39 is 0 Å². The molecular weight excluding hydrogens is 236 g/mol. The van der Waals surface area contributed by atoms with E-state index in [9.17, 15) is 0 Å². The second-order valence-electron chi connectivity index (χ2n) is 3.93. The van der Waals surface area contributed by atoms with Crippen molar-refractivity contribution in [1.82, 2.24) is 10.3 Å². The molecule has 2 aromatic rings. The van der Waals surface area contributed by atoms with E-state index in [-0.39, 0.29) is 0 Å². The molecule has 1 heterocycles. The van der Waals surface area contributed by atoms with Gasteiger partial charge in [-0.2, -0.15) is 0 Å². The molecule has 0 radical (unpaired) electrons. The molecule has 0 amide bonds. The summed E-state index contributed by atoms with van der Waals surface area (Å²) >= 11 is 6.18. The van der Waals surface area contributed by atoms with E-state index >= 15 is 0 Å². The summed E-state index contributed by atoms with van der Waals surface area (Å²) < 4.78 is 5.31. The molecule has 0 atom stereocenters. The Morgan fingerprint density at radius 1 is 1.41 bits per heavy atom. The van der Waals surface area contributed by atoms with Crippen LogP contribution in [0.15, 0.2) is 18.2 Å². The molecule has 0 unspecified atom stereocenters. The molecule has 1 N–H and O–H groups in total. The van der Waals surface area contributed by atoms with Gasteiger partial charge in [-0.05, 0) is 37.7 Å². The largest absolute Gasteiger partial charge is 0.494 e. The Hall–Kier alpha value is -1.32. The Kier molecular flexibility index (Phi) is 3.50. The quantitative estimate of drug-likeness (QED) is 0.910. The highest BCUT2D eigenvalue weighted by molar-refractivity contribution is 6.35. The third kappa shape index (κ3) is 2.21. The lowest BCUT2D eigenvalue weighted by molar-refractivity contribution is 0.419. The smallest absolute Gasteiger partial charge is 0.145 e. The Labute approximate surface area is 106 Å². The van der Waals surface area contributed by atoms with Crippen LogP contribution in [0, 0.1) is 6.92 Å². The molecule has 90 valence electrons. The number of ether oxygens (including phenoxy) is 1. The van der Waals surface area contributed by atoms with Crippen molar-refractivity contribution in [3.05, 3.63) is 34.5 Å². The van der Waals surface area contributed by atoms with Crippen LogP contribution in [-0.2, 0) is 6.54 Å². The minimum Gasteiger partial charge on any atom is -0.494 e. The van der Waals surface area contributed by atoms with Crippen LogP contribution in [0.3, 0.4) is 0 Å². The molecule has 0 fully saturated rings. The van der Waals surface area contributed by atoms with Crippen LogP contribution >= 0.6 is 11.6 Å². The normalized spacial score (nSPS) is 10.8. The zero-order valence-corrected chi connectivity index (χ0v) is 10.9. The van der Waals surface area contributed by atoms with Crippen molar-refractivity contribution in [2.75, 3.05) is 14.2 Å². The van der Waals surface area contributed by atoms with Gasteiger partial charge >= 0.3 is 0 Å². The number of fused-ring (bicyclic) bond motifs is 1. The van der Waals surface area contributed by atoms with Gasteiger partial charge in [-0.25, -0.2) is 4.98 Å². The molecule has 0 saturated carbocycles. The van der Waals surface area contributed by atoms with Gasteiger partial charge in [0.2, 0.25) is 0 Å². The minimum absolute atomic E-state index is 0.701. The van der Waals surface area contributed by atoms with Gasteiger partial charge in [0.15, 0.2) is 0 Å². The predicted octanol–water partition coefficient (Wildman–Crippen LogP) is 2.92. The summed E-state index contributed by atoms with van der Waals surface area (Å²) in [6.07, 6.45) is 0. The van der Waals surface area contributed by atoms with Gasteiger partial charge in [0.25, 0.3) is 0 Å². The average molecular weight is 251 g/mol. The number of nitrogens with one attached hydrogen (secondary N) is 1. The fourth-order valence-corrected chi connectivity index (χ4v) is 2.06. The van der Waals surface area contributed by atoms with E-state index in [1.807, 2.05) is 26.1 Å². The van der Waals surface area contributed by atoms with E-state index in [1.54, 1.807) is 7.11 Å². The molecule has 0 bridgehead atoms. The molecule has 2 rings (SSSR count). The summed E-state index contributed by atoms with van der Waals surface area (Å²) in [7, 11) is 3.54. The predicted molar refractivity (Wildman–Crippen MR) is 70.8 cm³/mol. The van der Waals surface area contributed by atoms with Crippen molar-refractivity contribution in [1.29, 1.82) is 0 Å². The van der Waals surface area contributed by atoms with Crippen LogP contribution in [0.1, 0.15) is 11.3 Å². The molecule has 4 heteroatoms. The highest BCUT2D eigenvalue weighted by atomic mass is 35.5. The SMILES string of the molecule is CNCc1nc2c(OC)ccc(Cl)c2cc1C. The summed E-state index contributed by atoms with van der Waals surface area (Å²) in [5.74, 6) is 0.752. The van der Waals surface area contributed by atoms with Crippen molar-refractivity contribution in [3.8, 4) is 5.75 Å². The summed E-state index contributed by atoms with van der Waals surface area (Å²) in [4.78, 5) is 4.62. The molecule has 0 aliphatic rings. The van der Waals surface area contributed by atoms with Gasteiger partial charge < -0.3 is 10.1 Å². The lowest BCUT2D eigenvalue weighted by Crippen LogP contribution is -2.09. The van der Waals surface area contributed by atoms with Crippen LogP contribution in [-0.4, -0.2) is 19.1 Å². The Balaban J connectivity index is 2.73. The fourth-order valence-electron chi connectivity index (χ4n) is 1.85. The van der Waals surface area contributed by atoms with Crippen molar-refractivity contribution in [2.24, 2.45) is 0 Å². The van der Waals surface area contributed by atoms with E-state index in [4.69, 9.17) is 16.3 Å². The van der Waals surface area contributed by atoms with Gasteiger partial charge in [-0.1, -0.05) is 11.6 Å². The molecule has 0 aliphatic heterocycles. The van der Waals surface area contributed by atoms with Crippen molar-refractivity contribution in [3.63, 3.8) is 0 Å². The Bertz CT molecular complexity index is 555. The number of aromatic nitrogens is 1. The highest BCUT2D eigenvalue weighted by Crippen LogP contribution is 2.31. The first kappa shape index (κ1) is 12.1. The van der Waals surface area contributed by atoms with Crippen LogP contribution in [0.5, 0.6) is 5.75 Å². The lowest BCUT2D eigenvalue weighted by Gasteiger charge is -2.10. The first-order valence-electron chi connectivity index (χ1n) is 5.44. The summed E-state index contributed by atoms with van der Waals surface area (Å²) in [5, 5.41) is 4.74. The van der Waals surface area contributed by atoms with Gasteiger partial charge in [0, 0.05) is 11.9 Å². The second-order valence-corrected chi connectivity index (χ2v) is 4.34. The van der Waals surface area contributed by atoms with Crippen LogP contribution in [0.25, 0.3) is 10.9 Å². The maximum atomic E-state index is 6.18. The zero-order valence-electron chi connectivity index (χ0n) is 10.2. The monoisotopic (exact) mass is 250 g/mol. The van der Waals surface area contributed by atoms with Crippen LogP contribution < -0.4 is 10.1 Å². The standard InChI is InChI=1S/C13H15ClN2O/c1-8-6-9-10(14)4-5-12(17-3)13(9)16-11(8)7-15-2/h4-6,15H,7H2,1-3H3. The van der Waals surface area contributed by atoms with Crippen molar-refractivity contribution < 1.29 is 4.74 Å². The third-order valence-corrected chi connectivity index (χ3v) is 3.08. The molecule has 3 nitrogen and oxygen atoms in total. The molecule has 17 heavy (non-hydrogen) atoms. The number of aryl methyl sites for hydroxylation is 1. The van der Waals surface area contributed by atoms with Crippen molar-refractivity contribution >= 4 is 22.5 Å². The average Bonchev–Trinajstić information content (AvgIpc) is 2.32. The van der Waals surface area contributed by atoms with E-state index in [1.165, 1.54) is 0 Å². The number of pyridine rings is 1. The number of benzene rings is 1. The van der Waals surface area contributed by atoms with Gasteiger partial charge in [-0.15, -0.1) is 0 Å². The maximum absolute atomic E-state index is 6.18. The Morgan fingerprint density at radius 3 is 2.82 bits per heavy atom. The number of hydrogen-bond donors (Lipinski definition) is 1. The van der Waals surface area contributed by atoms with Crippen molar-refractivity contribution in [2.45, 2.75) is 13.5 Å². The fraction of sp³-hybridized carbons (Fsp3) is 0.308. The molecule has 0 saturated heterocycles. The second kappa shape index (κ2) is 4.90. The summed E-state index contributed by atoms with van der Waals surface area (Å²) in [6, 6.07) is 5.73. The topological polar surface area (TPSA) is 34.2 Å². The van der Waals surface area contributed by atoms with Crippen LogP contribution in [0.2, 0.25) is 5.02 Å². The first-order chi connectivity index (χ1) is 8.17. The molecule has 1 aromatic heterocycles. The summed E-state index contributed by atoms with van der Waals surface area (Å²) in [5.41, 5.74) is 2.96. The van der Waals surface area contributed by atoms with Gasteiger partial charge in [0.05, 0.1) is 17.8 Å². The van der Waals surface area contributed by atoms with Crippen LogP contribution in [0.4, 0.5) is 0 Å².